The van der Waals surface area contributed by atoms with Crippen LogP contribution in [0, 0.1) is 29.6 Å². The lowest BCUT2D eigenvalue weighted by atomic mass is 9.77. The highest BCUT2D eigenvalue weighted by molar-refractivity contribution is 5.55. The number of fused-ring (bicyclic) bond motifs is 5. The molecule has 1 N–H and O–H groups in total. The van der Waals surface area contributed by atoms with Gasteiger partial charge in [0.15, 0.2) is 0 Å². The van der Waals surface area contributed by atoms with E-state index in [-0.39, 0.29) is 6.10 Å². The van der Waals surface area contributed by atoms with Crippen molar-refractivity contribution in [3.63, 3.8) is 0 Å². The molecule has 13 heavy (non-hydrogen) atoms. The average Bonchev–Trinajstić information content (AvgIpc) is 2.71. The van der Waals surface area contributed by atoms with Crippen molar-refractivity contribution in [3.05, 3.63) is 0 Å². The maximum absolute atomic E-state index is 10.8. The molecule has 6 atom stereocenters. The third-order valence-electron chi connectivity index (χ3n) is 4.70. The van der Waals surface area contributed by atoms with E-state index in [2.05, 4.69) is 0 Å². The van der Waals surface area contributed by atoms with Gasteiger partial charge in [-0.05, 0) is 49.4 Å². The topological polar surface area (TPSA) is 37.3 Å². The third kappa shape index (κ3) is 0.899. The fourth-order valence-electron chi connectivity index (χ4n) is 4.31. The molecule has 0 aliphatic heterocycles. The first-order chi connectivity index (χ1) is 6.31. The number of hydrogen-bond donors (Lipinski definition) is 1. The first-order valence-electron chi connectivity index (χ1n) is 5.44. The highest BCUT2D eigenvalue weighted by atomic mass is 16.3. The van der Waals surface area contributed by atoms with Crippen LogP contribution in [0.15, 0.2) is 0 Å². The first kappa shape index (κ1) is 7.98. The summed E-state index contributed by atoms with van der Waals surface area (Å²) in [5, 5.41) is 9.74. The van der Waals surface area contributed by atoms with Gasteiger partial charge in [0, 0.05) is 5.92 Å². The van der Waals surface area contributed by atoms with Gasteiger partial charge < -0.3 is 9.90 Å². The molecule has 0 aromatic rings. The Labute approximate surface area is 78.3 Å². The smallest absolute Gasteiger partial charge is 0.123 e. The Bertz CT molecular complexity index is 238. The maximum Gasteiger partial charge on any atom is 0.123 e. The summed E-state index contributed by atoms with van der Waals surface area (Å²) in [6.45, 7) is 0. The zero-order valence-electron chi connectivity index (χ0n) is 7.73. The summed E-state index contributed by atoms with van der Waals surface area (Å²) >= 11 is 0. The molecule has 0 amide bonds. The number of rotatable bonds is 1. The summed E-state index contributed by atoms with van der Waals surface area (Å²) in [6.07, 6.45) is 5.55. The molecule has 0 radical (unpaired) electrons. The summed E-state index contributed by atoms with van der Waals surface area (Å²) in [4.78, 5) is 10.8. The second-order valence-corrected chi connectivity index (χ2v) is 5.08. The quantitative estimate of drug-likeness (QED) is 0.616. The van der Waals surface area contributed by atoms with E-state index < -0.39 is 0 Å². The van der Waals surface area contributed by atoms with E-state index in [1.54, 1.807) is 0 Å². The molecule has 3 rings (SSSR count). The molecule has 3 fully saturated rings. The van der Waals surface area contributed by atoms with Crippen molar-refractivity contribution < 1.29 is 9.90 Å². The molecule has 2 bridgehead atoms. The van der Waals surface area contributed by atoms with Gasteiger partial charge in [-0.2, -0.15) is 0 Å². The van der Waals surface area contributed by atoms with Crippen LogP contribution in [0.3, 0.4) is 0 Å². The number of carbonyl (C=O) groups excluding carboxylic acids is 1. The minimum atomic E-state index is -0.0448. The van der Waals surface area contributed by atoms with E-state index in [1.807, 2.05) is 0 Å². The molecule has 0 saturated heterocycles. The molecule has 0 aromatic carbocycles. The Morgan fingerprint density at radius 1 is 1.15 bits per heavy atom. The van der Waals surface area contributed by atoms with Crippen LogP contribution < -0.4 is 0 Å². The lowest BCUT2D eigenvalue weighted by Crippen LogP contribution is -2.30. The van der Waals surface area contributed by atoms with Crippen molar-refractivity contribution in [2.75, 3.05) is 0 Å². The Morgan fingerprint density at radius 3 is 2.77 bits per heavy atom. The average molecular weight is 180 g/mol. The molecule has 2 nitrogen and oxygen atoms in total. The van der Waals surface area contributed by atoms with Gasteiger partial charge in [-0.3, -0.25) is 0 Å². The van der Waals surface area contributed by atoms with E-state index in [1.165, 1.54) is 12.8 Å². The van der Waals surface area contributed by atoms with Crippen molar-refractivity contribution in [1.29, 1.82) is 0 Å². The van der Waals surface area contributed by atoms with Gasteiger partial charge in [-0.1, -0.05) is 0 Å². The largest absolute Gasteiger partial charge is 0.393 e. The summed E-state index contributed by atoms with van der Waals surface area (Å²) < 4.78 is 0. The van der Waals surface area contributed by atoms with E-state index in [4.69, 9.17) is 0 Å². The number of carbonyl (C=O) groups is 1. The van der Waals surface area contributed by atoms with Gasteiger partial charge in [0.2, 0.25) is 0 Å². The van der Waals surface area contributed by atoms with Crippen molar-refractivity contribution in [3.8, 4) is 0 Å². The standard InChI is InChI=1S/C11H16O2/c12-5-6-1-2-8-9-3-7(11(6)8)4-10(9)13/h5-11,13H,1-4H2/t6?,7-,8?,9-,10?,11?/m0/s1. The Kier molecular flexibility index (Phi) is 1.58. The molecular formula is C11H16O2. The Balaban J connectivity index is 1.88. The van der Waals surface area contributed by atoms with Crippen molar-refractivity contribution in [1.82, 2.24) is 0 Å². The molecule has 4 unspecified atom stereocenters. The number of aliphatic hydroxyl groups is 1. The summed E-state index contributed by atoms with van der Waals surface area (Å²) in [5.74, 6) is 2.87. The normalized spacial score (nSPS) is 58.2. The van der Waals surface area contributed by atoms with Gasteiger partial charge in [0.1, 0.15) is 6.29 Å². The van der Waals surface area contributed by atoms with E-state index in [9.17, 15) is 9.90 Å². The molecule has 3 saturated carbocycles. The molecule has 2 heteroatoms. The minimum absolute atomic E-state index is 0.0448. The molecule has 3 aliphatic rings. The predicted octanol–water partition coefficient (Wildman–Crippen LogP) is 1.23. The van der Waals surface area contributed by atoms with E-state index in [0.717, 1.165) is 19.1 Å². The van der Waals surface area contributed by atoms with Crippen LogP contribution >= 0.6 is 0 Å². The summed E-state index contributed by atoms with van der Waals surface area (Å²) in [5.41, 5.74) is 0. The van der Waals surface area contributed by atoms with Crippen LogP contribution in [0.4, 0.5) is 0 Å². The van der Waals surface area contributed by atoms with E-state index >= 15 is 0 Å². The fourth-order valence-corrected chi connectivity index (χ4v) is 4.31. The van der Waals surface area contributed by atoms with Gasteiger partial charge >= 0.3 is 0 Å². The monoisotopic (exact) mass is 180 g/mol. The lowest BCUT2D eigenvalue weighted by Gasteiger charge is -2.29. The van der Waals surface area contributed by atoms with Gasteiger partial charge in [0.25, 0.3) is 0 Å². The van der Waals surface area contributed by atoms with Gasteiger partial charge in [-0.25, -0.2) is 0 Å². The van der Waals surface area contributed by atoms with E-state index in [0.29, 0.717) is 29.6 Å². The predicted molar refractivity (Wildman–Crippen MR) is 48.0 cm³/mol. The molecule has 0 heterocycles. The minimum Gasteiger partial charge on any atom is -0.393 e. The van der Waals surface area contributed by atoms with Gasteiger partial charge in [-0.15, -0.1) is 0 Å². The number of aliphatic hydroxyl groups excluding tert-OH is 1. The number of hydrogen-bond acceptors (Lipinski definition) is 2. The van der Waals surface area contributed by atoms with Crippen molar-refractivity contribution >= 4 is 6.29 Å². The number of aldehydes is 1. The van der Waals surface area contributed by atoms with Crippen LogP contribution in [0.25, 0.3) is 0 Å². The molecule has 3 aliphatic carbocycles. The molecular weight excluding hydrogens is 164 g/mol. The van der Waals surface area contributed by atoms with Crippen LogP contribution in [-0.2, 0) is 4.79 Å². The molecule has 0 spiro atoms. The van der Waals surface area contributed by atoms with Crippen LogP contribution in [0.1, 0.15) is 25.7 Å². The molecule has 0 aromatic heterocycles. The lowest BCUT2D eigenvalue weighted by molar-refractivity contribution is -0.113. The highest BCUT2D eigenvalue weighted by Crippen LogP contribution is 2.60. The first-order valence-corrected chi connectivity index (χ1v) is 5.44. The van der Waals surface area contributed by atoms with Crippen molar-refractivity contribution in [2.24, 2.45) is 29.6 Å². The summed E-state index contributed by atoms with van der Waals surface area (Å²) in [6, 6.07) is 0. The third-order valence-corrected chi connectivity index (χ3v) is 4.70. The Hall–Kier alpha value is -0.370. The van der Waals surface area contributed by atoms with Crippen LogP contribution in [0.5, 0.6) is 0 Å². The highest BCUT2D eigenvalue weighted by Gasteiger charge is 2.56. The van der Waals surface area contributed by atoms with Crippen molar-refractivity contribution in [2.45, 2.75) is 31.8 Å². The second-order valence-electron chi connectivity index (χ2n) is 5.08. The fraction of sp³-hybridized carbons (Fsp3) is 0.909. The zero-order valence-corrected chi connectivity index (χ0v) is 7.73. The van der Waals surface area contributed by atoms with Gasteiger partial charge in [0.05, 0.1) is 6.10 Å². The summed E-state index contributed by atoms with van der Waals surface area (Å²) in [7, 11) is 0. The maximum atomic E-state index is 10.8. The second kappa shape index (κ2) is 2.57. The Morgan fingerprint density at radius 2 is 2.00 bits per heavy atom. The van der Waals surface area contributed by atoms with Crippen LogP contribution in [0.2, 0.25) is 0 Å². The molecule has 72 valence electrons. The van der Waals surface area contributed by atoms with Crippen LogP contribution in [-0.4, -0.2) is 17.5 Å². The zero-order chi connectivity index (χ0) is 9.00. The SMILES string of the molecule is O=CC1CCC2C1[C@@H]1CC(O)[C@H]2C1.